The molecule has 248 valence electrons. The van der Waals surface area contributed by atoms with Gasteiger partial charge in [-0.05, 0) is 88.9 Å². The third kappa shape index (κ3) is 7.80. The fourth-order valence-corrected chi connectivity index (χ4v) is 6.99. The first-order valence-corrected chi connectivity index (χ1v) is 17.6. The van der Waals surface area contributed by atoms with Gasteiger partial charge in [-0.2, -0.15) is 0 Å². The highest BCUT2D eigenvalue weighted by Gasteiger charge is 2.38. The molecule has 0 saturated carbocycles. The Labute approximate surface area is 285 Å². The maximum Gasteiger partial charge on any atom is 0.197 e. The number of halogens is 3. The van der Waals surface area contributed by atoms with Gasteiger partial charge < -0.3 is 19.5 Å². The Bertz CT molecular complexity index is 2040. The fraction of sp³-hybridized carbons (Fsp3) is 0.229. The lowest BCUT2D eigenvalue weighted by molar-refractivity contribution is 0.0181. The zero-order valence-electron chi connectivity index (χ0n) is 25.6. The molecule has 0 fully saturated rings. The molecule has 9 nitrogen and oxygen atoms in total. The summed E-state index contributed by atoms with van der Waals surface area (Å²) in [6.45, 7) is 0.482. The summed E-state index contributed by atoms with van der Waals surface area (Å²) < 4.78 is 72.4. The van der Waals surface area contributed by atoms with Crippen molar-refractivity contribution in [1.29, 1.82) is 0 Å². The molecule has 0 aliphatic carbocycles. The van der Waals surface area contributed by atoms with Crippen LogP contribution in [-0.2, 0) is 31.5 Å². The van der Waals surface area contributed by atoms with Gasteiger partial charge in [0.15, 0.2) is 14.9 Å². The number of pyridine rings is 1. The van der Waals surface area contributed by atoms with E-state index in [0.29, 0.717) is 63.0 Å². The van der Waals surface area contributed by atoms with E-state index in [-0.39, 0.29) is 36.4 Å². The van der Waals surface area contributed by atoms with E-state index in [1.165, 1.54) is 36.8 Å². The lowest BCUT2D eigenvalue weighted by Crippen LogP contribution is -2.27. The normalized spacial score (nSPS) is 15.8. The summed E-state index contributed by atoms with van der Waals surface area (Å²) in [5.41, 5.74) is 1.21. The molecule has 1 atom stereocenters. The number of nitrogens with zero attached hydrogens (tertiary/aromatic N) is 3. The minimum atomic E-state index is -3.55. The van der Waals surface area contributed by atoms with Crippen LogP contribution in [0.5, 0.6) is 5.75 Å². The quantitative estimate of drug-likeness (QED) is 0.114. The number of nitrogens with one attached hydrogen (secondary N) is 1. The van der Waals surface area contributed by atoms with Crippen LogP contribution in [0.4, 0.5) is 20.3 Å². The number of hydrogen-bond donors (Lipinski definition) is 1. The molecule has 0 bridgehead atoms. The van der Waals surface area contributed by atoms with Gasteiger partial charge in [-0.25, -0.2) is 32.2 Å². The summed E-state index contributed by atoms with van der Waals surface area (Å²) >= 11 is 3.54. The third-order valence-corrected chi connectivity index (χ3v) is 10.1. The number of aromatic nitrogens is 3. The molecule has 0 saturated heterocycles. The monoisotopic (exact) mass is 736 g/mol. The second kappa shape index (κ2) is 14.8. The van der Waals surface area contributed by atoms with Crippen molar-refractivity contribution in [2.45, 2.75) is 36.5 Å². The second-order valence-corrected chi connectivity index (χ2v) is 14.1. The third-order valence-electron chi connectivity index (χ3n) is 7.85. The number of fused-ring (bicyclic) bond motifs is 1. The Kier molecular flexibility index (Phi) is 10.3. The largest absolute Gasteiger partial charge is 0.490 e. The van der Waals surface area contributed by atoms with Crippen LogP contribution in [0.3, 0.4) is 0 Å². The van der Waals surface area contributed by atoms with Crippen LogP contribution < -0.4 is 10.1 Å². The van der Waals surface area contributed by atoms with Crippen molar-refractivity contribution in [1.82, 2.24) is 15.0 Å². The summed E-state index contributed by atoms with van der Waals surface area (Å²) in [6.07, 6.45) is 7.59. The van der Waals surface area contributed by atoms with Gasteiger partial charge in [0, 0.05) is 41.9 Å². The summed E-state index contributed by atoms with van der Waals surface area (Å²) in [5.74, 6) is 0.0753. The Morgan fingerprint density at radius 1 is 0.979 bits per heavy atom. The lowest BCUT2D eigenvalue weighted by atomic mass is 9.85. The standard InChI is InChI=1S/C35H31BrF2N4O5S/c36-29-19-26(9-10-32(29)46-22-24-6-3-7-25(37)18-24)42-34-27-20-28(30(38)21-31(27)40-23-41-34)35(12-5-15-47-35)11-4-14-45-16-17-48(43,44)33-8-1-2-13-39-33/h1-3,5-10,13,15,18-21,23H,4,11-12,14,16-17,22H2,(H,40,41,42). The molecule has 6 rings (SSSR count). The van der Waals surface area contributed by atoms with E-state index in [0.717, 1.165) is 0 Å². The predicted molar refractivity (Wildman–Crippen MR) is 181 cm³/mol. The molecule has 2 aromatic heterocycles. The highest BCUT2D eigenvalue weighted by Crippen LogP contribution is 2.42. The van der Waals surface area contributed by atoms with Gasteiger partial charge in [0.1, 0.15) is 41.7 Å². The Morgan fingerprint density at radius 3 is 2.65 bits per heavy atom. The molecule has 0 amide bonds. The molecule has 1 aliphatic rings. The Hall–Kier alpha value is -4.46. The molecule has 1 unspecified atom stereocenters. The first-order chi connectivity index (χ1) is 23.2. The maximum absolute atomic E-state index is 15.7. The lowest BCUT2D eigenvalue weighted by Gasteiger charge is -2.30. The van der Waals surface area contributed by atoms with Gasteiger partial charge in [-0.3, -0.25) is 0 Å². The average Bonchev–Trinajstić information content (AvgIpc) is 3.56. The summed E-state index contributed by atoms with van der Waals surface area (Å²) in [5, 5.41) is 3.91. The smallest absolute Gasteiger partial charge is 0.197 e. The van der Waals surface area contributed by atoms with Crippen molar-refractivity contribution in [2.75, 3.05) is 24.3 Å². The molecule has 1 N–H and O–H groups in total. The van der Waals surface area contributed by atoms with Crippen LogP contribution in [0, 0.1) is 11.6 Å². The molecule has 5 aromatic rings. The molecule has 48 heavy (non-hydrogen) atoms. The van der Waals surface area contributed by atoms with Crippen molar-refractivity contribution in [3.8, 4) is 5.75 Å². The van der Waals surface area contributed by atoms with Crippen molar-refractivity contribution in [3.05, 3.63) is 125 Å². The van der Waals surface area contributed by atoms with Gasteiger partial charge in [0.2, 0.25) is 0 Å². The molecular formula is C35H31BrF2N4O5S. The topological polar surface area (TPSA) is 113 Å². The van der Waals surface area contributed by atoms with E-state index >= 15 is 4.39 Å². The van der Waals surface area contributed by atoms with E-state index in [2.05, 4.69) is 36.2 Å². The number of ether oxygens (including phenoxy) is 3. The van der Waals surface area contributed by atoms with Crippen LogP contribution in [0.1, 0.15) is 30.4 Å². The molecule has 0 spiro atoms. The van der Waals surface area contributed by atoms with Crippen molar-refractivity contribution in [2.24, 2.45) is 0 Å². The SMILES string of the molecule is O=S(=O)(CCOCCCC1(c2cc3c(Nc4ccc(OCc5cccc(F)c5)c(Br)c4)ncnc3cc2F)CC=CO1)c1ccccn1. The molecular weight excluding hydrogens is 706 g/mol. The van der Waals surface area contributed by atoms with Crippen molar-refractivity contribution in [3.63, 3.8) is 0 Å². The highest BCUT2D eigenvalue weighted by atomic mass is 79.9. The number of hydrogen-bond acceptors (Lipinski definition) is 9. The van der Waals surface area contributed by atoms with Crippen LogP contribution in [-0.4, -0.2) is 42.3 Å². The second-order valence-electron chi connectivity index (χ2n) is 11.2. The van der Waals surface area contributed by atoms with Crippen molar-refractivity contribution < 1.29 is 31.4 Å². The zero-order valence-corrected chi connectivity index (χ0v) is 28.0. The summed E-state index contributed by atoms with van der Waals surface area (Å²) in [6, 6.07) is 19.5. The van der Waals surface area contributed by atoms with E-state index in [9.17, 15) is 12.8 Å². The van der Waals surface area contributed by atoms with E-state index in [1.54, 1.807) is 42.7 Å². The molecule has 13 heteroatoms. The van der Waals surface area contributed by atoms with E-state index in [4.69, 9.17) is 14.2 Å². The van der Waals surface area contributed by atoms with Crippen LogP contribution in [0.25, 0.3) is 10.9 Å². The van der Waals surface area contributed by atoms with Gasteiger partial charge in [0.05, 0.1) is 28.6 Å². The van der Waals surface area contributed by atoms with Crippen LogP contribution >= 0.6 is 15.9 Å². The number of benzene rings is 3. The molecule has 0 radical (unpaired) electrons. The van der Waals surface area contributed by atoms with Crippen molar-refractivity contribution >= 4 is 48.2 Å². The molecule has 3 aromatic carbocycles. The first kappa shape index (κ1) is 33.4. The minimum absolute atomic E-state index is 0.0119. The number of sulfone groups is 1. The van der Waals surface area contributed by atoms with Gasteiger partial charge >= 0.3 is 0 Å². The van der Waals surface area contributed by atoms with E-state index < -0.39 is 21.3 Å². The first-order valence-electron chi connectivity index (χ1n) is 15.2. The van der Waals surface area contributed by atoms with Gasteiger partial charge in [-0.1, -0.05) is 18.2 Å². The minimum Gasteiger partial charge on any atom is -0.490 e. The number of anilines is 2. The van der Waals surface area contributed by atoms with Gasteiger partial charge in [-0.15, -0.1) is 0 Å². The number of rotatable bonds is 14. The maximum atomic E-state index is 15.7. The van der Waals surface area contributed by atoms with Crippen LogP contribution in [0.15, 0.2) is 107 Å². The van der Waals surface area contributed by atoms with Gasteiger partial charge in [0.25, 0.3) is 0 Å². The molecule has 3 heterocycles. The fourth-order valence-electron chi connectivity index (χ4n) is 5.45. The zero-order chi connectivity index (χ0) is 33.6. The highest BCUT2D eigenvalue weighted by molar-refractivity contribution is 9.10. The predicted octanol–water partition coefficient (Wildman–Crippen LogP) is 7.79. The summed E-state index contributed by atoms with van der Waals surface area (Å²) in [4.78, 5) is 12.6. The Balaban J connectivity index is 1.13. The molecule has 1 aliphatic heterocycles. The summed E-state index contributed by atoms with van der Waals surface area (Å²) in [7, 11) is -3.55. The van der Waals surface area contributed by atoms with E-state index in [1.807, 2.05) is 18.2 Å². The van der Waals surface area contributed by atoms with Crippen LogP contribution in [0.2, 0.25) is 0 Å². The average molecular weight is 738 g/mol. The Morgan fingerprint density at radius 2 is 1.88 bits per heavy atom.